The first-order chi connectivity index (χ1) is 21.3. The van der Waals surface area contributed by atoms with Crippen molar-refractivity contribution in [2.45, 2.75) is 0 Å². The third-order valence-corrected chi connectivity index (χ3v) is 8.59. The van der Waals surface area contributed by atoms with E-state index in [4.69, 9.17) is 4.98 Å². The molecule has 4 heterocycles. The summed E-state index contributed by atoms with van der Waals surface area (Å²) < 4.78 is 2.41. The maximum atomic E-state index is 5.02. The molecule has 0 aliphatic rings. The third-order valence-electron chi connectivity index (χ3n) is 8.59. The molecule has 0 spiro atoms. The molecule has 9 aromatic rings. The Morgan fingerprint density at radius 3 is 2.00 bits per heavy atom. The topological polar surface area (TPSA) is 30.2 Å². The van der Waals surface area contributed by atoms with E-state index in [1.165, 1.54) is 60.0 Å². The van der Waals surface area contributed by atoms with Crippen molar-refractivity contribution in [1.29, 1.82) is 0 Å². The van der Waals surface area contributed by atoms with Gasteiger partial charge in [-0.1, -0.05) is 84.9 Å². The number of benzene rings is 5. The van der Waals surface area contributed by atoms with Crippen LogP contribution in [-0.2, 0) is 0 Å². The SMILES string of the molecule is c1ccc(-c2cccc(-c3ccc4c(c3)c3cc(-c5ccc6ccccc6c5)ccc3n3c5ccccc5cc43)n2)nc1. The minimum Gasteiger partial charge on any atom is -0.309 e. The van der Waals surface area contributed by atoms with Gasteiger partial charge in [0.25, 0.3) is 0 Å². The predicted octanol–water partition coefficient (Wildman–Crippen LogP) is 10.3. The van der Waals surface area contributed by atoms with Crippen LogP contribution in [0.3, 0.4) is 0 Å². The van der Waals surface area contributed by atoms with Gasteiger partial charge >= 0.3 is 0 Å². The first kappa shape index (κ1) is 23.9. The molecule has 0 aliphatic carbocycles. The molecule has 0 saturated carbocycles. The highest BCUT2D eigenvalue weighted by Crippen LogP contribution is 2.38. The van der Waals surface area contributed by atoms with E-state index >= 15 is 0 Å². The molecule has 0 saturated heterocycles. The van der Waals surface area contributed by atoms with Crippen LogP contribution in [0, 0.1) is 0 Å². The van der Waals surface area contributed by atoms with E-state index in [1.54, 1.807) is 0 Å². The largest absolute Gasteiger partial charge is 0.309 e. The van der Waals surface area contributed by atoms with E-state index in [9.17, 15) is 0 Å². The molecular formula is C40H25N3. The highest BCUT2D eigenvalue weighted by molar-refractivity contribution is 6.17. The van der Waals surface area contributed by atoms with Crippen LogP contribution in [0.4, 0.5) is 0 Å². The number of rotatable bonds is 3. The number of hydrogen-bond acceptors (Lipinski definition) is 2. The zero-order valence-corrected chi connectivity index (χ0v) is 23.3. The smallest absolute Gasteiger partial charge is 0.0893 e. The van der Waals surface area contributed by atoms with Crippen molar-refractivity contribution in [2.24, 2.45) is 0 Å². The third kappa shape index (κ3) is 3.83. The molecule has 9 rings (SSSR count). The normalized spacial score (nSPS) is 11.7. The highest BCUT2D eigenvalue weighted by Gasteiger charge is 2.15. The summed E-state index contributed by atoms with van der Waals surface area (Å²) >= 11 is 0. The molecule has 0 bridgehead atoms. The van der Waals surface area contributed by atoms with E-state index < -0.39 is 0 Å². The molecule has 0 atom stereocenters. The van der Waals surface area contributed by atoms with Gasteiger partial charge in [-0.2, -0.15) is 0 Å². The number of hydrogen-bond donors (Lipinski definition) is 0. The molecule has 3 heteroatoms. The van der Waals surface area contributed by atoms with Crippen LogP contribution in [0.1, 0.15) is 0 Å². The van der Waals surface area contributed by atoms with Crippen LogP contribution in [0.2, 0.25) is 0 Å². The van der Waals surface area contributed by atoms with Crippen LogP contribution in [0.15, 0.2) is 152 Å². The van der Waals surface area contributed by atoms with E-state index in [0.717, 1.165) is 22.6 Å². The number of pyridine rings is 3. The second-order valence-electron chi connectivity index (χ2n) is 11.1. The summed E-state index contributed by atoms with van der Waals surface area (Å²) in [5, 5.41) is 7.40. The Morgan fingerprint density at radius 2 is 1.09 bits per heavy atom. The standard InChI is InChI=1S/C40H25N3/c1-2-9-27-22-28(16-15-26(27)8-1)29-18-20-39-34(23-29)33-24-30(35-12-7-13-37(42-35)36-11-5-6-21-41-36)17-19-32(33)40-25-31-10-3-4-14-38(31)43(39)40/h1-25H. The van der Waals surface area contributed by atoms with Crippen LogP contribution in [0.5, 0.6) is 0 Å². The number of aromatic nitrogens is 3. The molecule has 4 aromatic heterocycles. The molecule has 0 amide bonds. The minimum atomic E-state index is 0.870. The predicted molar refractivity (Wildman–Crippen MR) is 179 cm³/mol. The van der Waals surface area contributed by atoms with Crippen LogP contribution < -0.4 is 0 Å². The first-order valence-corrected chi connectivity index (χ1v) is 14.6. The summed E-state index contributed by atoms with van der Waals surface area (Å²) in [4.78, 5) is 9.55. The minimum absolute atomic E-state index is 0.870. The summed E-state index contributed by atoms with van der Waals surface area (Å²) in [6.45, 7) is 0. The van der Waals surface area contributed by atoms with E-state index in [1.807, 2.05) is 30.5 Å². The van der Waals surface area contributed by atoms with E-state index in [2.05, 4.69) is 131 Å². The Hall–Kier alpha value is -5.80. The maximum absolute atomic E-state index is 5.02. The zero-order valence-electron chi connectivity index (χ0n) is 23.3. The summed E-state index contributed by atoms with van der Waals surface area (Å²) in [6, 6.07) is 52.0. The second kappa shape index (κ2) is 9.37. The van der Waals surface area contributed by atoms with Gasteiger partial charge in [0.05, 0.1) is 33.6 Å². The van der Waals surface area contributed by atoms with Crippen molar-refractivity contribution in [3.63, 3.8) is 0 Å². The van der Waals surface area contributed by atoms with Crippen molar-refractivity contribution in [1.82, 2.24) is 14.4 Å². The summed E-state index contributed by atoms with van der Waals surface area (Å²) in [7, 11) is 0. The monoisotopic (exact) mass is 547 g/mol. The molecule has 200 valence electrons. The van der Waals surface area contributed by atoms with Gasteiger partial charge in [0, 0.05) is 27.9 Å². The Kier molecular flexibility index (Phi) is 5.20. The second-order valence-corrected chi connectivity index (χ2v) is 11.1. The Bertz CT molecular complexity index is 2510. The average Bonchev–Trinajstić information content (AvgIpc) is 3.48. The van der Waals surface area contributed by atoms with Crippen LogP contribution >= 0.6 is 0 Å². The molecular weight excluding hydrogens is 522 g/mol. The fourth-order valence-electron chi connectivity index (χ4n) is 6.51. The summed E-state index contributed by atoms with van der Waals surface area (Å²) in [5.41, 5.74) is 9.81. The van der Waals surface area contributed by atoms with Gasteiger partial charge in [0.2, 0.25) is 0 Å². The van der Waals surface area contributed by atoms with Gasteiger partial charge in [-0.25, -0.2) is 4.98 Å². The number of nitrogens with zero attached hydrogens (tertiary/aromatic N) is 3. The van der Waals surface area contributed by atoms with Gasteiger partial charge in [-0.3, -0.25) is 4.98 Å². The molecule has 3 nitrogen and oxygen atoms in total. The Balaban J connectivity index is 1.32. The van der Waals surface area contributed by atoms with Crippen molar-refractivity contribution in [2.75, 3.05) is 0 Å². The molecule has 0 fully saturated rings. The number of para-hydroxylation sites is 1. The zero-order chi connectivity index (χ0) is 28.3. The molecule has 5 aromatic carbocycles. The molecule has 0 unspecified atom stereocenters. The number of fused-ring (bicyclic) bond motifs is 9. The molecule has 0 aliphatic heterocycles. The Labute approximate surface area is 248 Å². The van der Waals surface area contributed by atoms with Gasteiger partial charge < -0.3 is 4.40 Å². The molecule has 0 radical (unpaired) electrons. The fraction of sp³-hybridized carbons (Fsp3) is 0. The van der Waals surface area contributed by atoms with Crippen molar-refractivity contribution >= 4 is 48.9 Å². The lowest BCUT2D eigenvalue weighted by molar-refractivity contribution is 1.25. The molecule has 43 heavy (non-hydrogen) atoms. The lowest BCUT2D eigenvalue weighted by Gasteiger charge is -2.14. The average molecular weight is 548 g/mol. The highest BCUT2D eigenvalue weighted by atomic mass is 14.9. The van der Waals surface area contributed by atoms with E-state index in [0.29, 0.717) is 0 Å². The van der Waals surface area contributed by atoms with Crippen molar-refractivity contribution < 1.29 is 0 Å². The van der Waals surface area contributed by atoms with Crippen molar-refractivity contribution in [3.8, 4) is 33.8 Å². The Morgan fingerprint density at radius 1 is 0.372 bits per heavy atom. The summed E-state index contributed by atoms with van der Waals surface area (Å²) in [5.74, 6) is 0. The lowest BCUT2D eigenvalue weighted by Crippen LogP contribution is -1.93. The maximum Gasteiger partial charge on any atom is 0.0893 e. The van der Waals surface area contributed by atoms with Gasteiger partial charge in [-0.15, -0.1) is 0 Å². The van der Waals surface area contributed by atoms with Gasteiger partial charge in [0.15, 0.2) is 0 Å². The van der Waals surface area contributed by atoms with Gasteiger partial charge in [-0.05, 0) is 87.9 Å². The fourth-order valence-corrected chi connectivity index (χ4v) is 6.51. The lowest BCUT2D eigenvalue weighted by atomic mass is 9.96. The molecule has 0 N–H and O–H groups in total. The van der Waals surface area contributed by atoms with Crippen LogP contribution in [-0.4, -0.2) is 14.4 Å². The van der Waals surface area contributed by atoms with Gasteiger partial charge in [0.1, 0.15) is 0 Å². The first-order valence-electron chi connectivity index (χ1n) is 14.6. The van der Waals surface area contributed by atoms with Crippen molar-refractivity contribution in [3.05, 3.63) is 152 Å². The quantitative estimate of drug-likeness (QED) is 0.206. The van der Waals surface area contributed by atoms with E-state index in [-0.39, 0.29) is 0 Å². The van der Waals surface area contributed by atoms with Crippen LogP contribution in [0.25, 0.3) is 82.6 Å². The summed E-state index contributed by atoms with van der Waals surface area (Å²) in [6.07, 6.45) is 1.81.